The molecule has 0 fully saturated rings. The van der Waals surface area contributed by atoms with E-state index in [1.807, 2.05) is 42.5 Å². The third-order valence-corrected chi connectivity index (χ3v) is 6.68. The molecule has 3 aromatic heterocycles. The molecule has 5 rings (SSSR count). The Hall–Kier alpha value is -3.86. The Kier molecular flexibility index (Phi) is 5.72. The summed E-state index contributed by atoms with van der Waals surface area (Å²) in [5, 5.41) is 7.30. The summed E-state index contributed by atoms with van der Waals surface area (Å²) < 4.78 is 41.1. The number of nitrogens with zero attached hydrogens (tertiary/aromatic N) is 5. The lowest BCUT2D eigenvalue weighted by Gasteiger charge is -2.11. The number of halogens is 3. The fourth-order valence-corrected chi connectivity index (χ4v) is 4.84. The van der Waals surface area contributed by atoms with Gasteiger partial charge in [0.1, 0.15) is 5.01 Å². The van der Waals surface area contributed by atoms with Gasteiger partial charge in [-0.2, -0.15) is 18.2 Å². The molecular formula is C24H19F3N6OS. The van der Waals surface area contributed by atoms with Crippen LogP contribution in [0.1, 0.15) is 29.2 Å². The van der Waals surface area contributed by atoms with Gasteiger partial charge in [-0.05, 0) is 50.1 Å². The molecule has 0 saturated heterocycles. The number of anilines is 1. The van der Waals surface area contributed by atoms with Gasteiger partial charge >= 0.3 is 6.18 Å². The monoisotopic (exact) mass is 496 g/mol. The number of fused-ring (bicyclic) bond motifs is 2. The van der Waals surface area contributed by atoms with Gasteiger partial charge in [0.25, 0.3) is 11.6 Å². The van der Waals surface area contributed by atoms with E-state index in [1.165, 1.54) is 0 Å². The Morgan fingerprint density at radius 1 is 1.06 bits per heavy atom. The zero-order valence-corrected chi connectivity index (χ0v) is 19.5. The van der Waals surface area contributed by atoms with Gasteiger partial charge in [-0.3, -0.25) is 4.79 Å². The van der Waals surface area contributed by atoms with Crippen LogP contribution in [0.25, 0.3) is 26.6 Å². The fourth-order valence-electron chi connectivity index (χ4n) is 3.88. The number of carbonyl (C=O) groups excluding carboxylic acids is 1. The number of hydrogen-bond acceptors (Lipinski definition) is 6. The Bertz CT molecular complexity index is 1540. The maximum Gasteiger partial charge on any atom is 0.453 e. The van der Waals surface area contributed by atoms with Crippen molar-refractivity contribution in [1.29, 1.82) is 0 Å². The number of nitrogens with one attached hydrogen (secondary N) is 1. The summed E-state index contributed by atoms with van der Waals surface area (Å²) in [6.45, 7) is 3.33. The molecule has 0 atom stereocenters. The zero-order valence-electron chi connectivity index (χ0n) is 18.7. The lowest BCUT2D eigenvalue weighted by Crippen LogP contribution is -2.14. The summed E-state index contributed by atoms with van der Waals surface area (Å²) in [5.41, 5.74) is 4.11. The smallest absolute Gasteiger partial charge is 0.326 e. The van der Waals surface area contributed by atoms with Crippen LogP contribution in [0.4, 0.5) is 18.9 Å². The van der Waals surface area contributed by atoms with Crippen molar-refractivity contribution in [3.05, 3.63) is 71.3 Å². The highest BCUT2D eigenvalue weighted by molar-refractivity contribution is 7.21. The predicted molar refractivity (Wildman–Crippen MR) is 127 cm³/mol. The van der Waals surface area contributed by atoms with E-state index in [0.717, 1.165) is 25.3 Å². The average Bonchev–Trinajstić information content (AvgIpc) is 3.43. The van der Waals surface area contributed by atoms with Crippen molar-refractivity contribution in [3.63, 3.8) is 0 Å². The molecule has 5 aromatic rings. The Morgan fingerprint density at radius 2 is 1.86 bits per heavy atom. The second-order valence-electron chi connectivity index (χ2n) is 8.02. The SMILES string of the molecule is Cc1nc2nc(C(F)(F)F)nn2c(C)c1CCC(=O)Nc1cccc(-c2nc3ccccc3s2)c1. The van der Waals surface area contributed by atoms with E-state index in [9.17, 15) is 18.0 Å². The summed E-state index contributed by atoms with van der Waals surface area (Å²) in [5.74, 6) is -1.58. The number of rotatable bonds is 5. The molecular weight excluding hydrogens is 477 g/mol. The molecule has 0 aliphatic heterocycles. The van der Waals surface area contributed by atoms with Gasteiger partial charge in [-0.25, -0.2) is 14.5 Å². The van der Waals surface area contributed by atoms with Crippen LogP contribution >= 0.6 is 11.3 Å². The van der Waals surface area contributed by atoms with Crippen molar-refractivity contribution >= 4 is 38.9 Å². The lowest BCUT2D eigenvalue weighted by atomic mass is 10.1. The minimum Gasteiger partial charge on any atom is -0.326 e. The number of hydrogen-bond donors (Lipinski definition) is 1. The van der Waals surface area contributed by atoms with Gasteiger partial charge in [0.15, 0.2) is 0 Å². The van der Waals surface area contributed by atoms with E-state index in [-0.39, 0.29) is 18.1 Å². The molecule has 1 amide bonds. The van der Waals surface area contributed by atoms with E-state index in [4.69, 9.17) is 0 Å². The molecule has 11 heteroatoms. The maximum atomic E-state index is 13.0. The molecule has 0 radical (unpaired) electrons. The van der Waals surface area contributed by atoms with Crippen molar-refractivity contribution < 1.29 is 18.0 Å². The van der Waals surface area contributed by atoms with Gasteiger partial charge in [0.2, 0.25) is 5.91 Å². The average molecular weight is 497 g/mol. The minimum atomic E-state index is -4.66. The quantitative estimate of drug-likeness (QED) is 0.342. The standard InChI is InChI=1S/C24H19F3N6OS/c1-13-17(14(2)33-23(28-13)31-22(32-33)24(25,26)27)10-11-20(34)29-16-7-5-6-15(12-16)21-30-18-8-3-4-9-19(18)35-21/h3-9,12H,10-11H2,1-2H3,(H,29,34). The minimum absolute atomic E-state index is 0.118. The third kappa shape index (κ3) is 4.59. The summed E-state index contributed by atoms with van der Waals surface area (Å²) in [4.78, 5) is 24.9. The number of aromatic nitrogens is 5. The second-order valence-corrected chi connectivity index (χ2v) is 9.05. The molecule has 178 valence electrons. The third-order valence-electron chi connectivity index (χ3n) is 5.59. The predicted octanol–water partition coefficient (Wildman–Crippen LogP) is 5.61. The van der Waals surface area contributed by atoms with Gasteiger partial charge in [0.05, 0.1) is 10.2 Å². The number of thiazole rings is 1. The first-order valence-corrected chi connectivity index (χ1v) is 11.6. The van der Waals surface area contributed by atoms with Crippen molar-refractivity contribution in [3.8, 4) is 10.6 Å². The zero-order chi connectivity index (χ0) is 24.7. The number of amides is 1. The van der Waals surface area contributed by atoms with Gasteiger partial charge in [-0.1, -0.05) is 24.3 Å². The van der Waals surface area contributed by atoms with E-state index in [2.05, 4.69) is 25.4 Å². The highest BCUT2D eigenvalue weighted by Gasteiger charge is 2.37. The molecule has 0 aliphatic carbocycles. The van der Waals surface area contributed by atoms with Crippen LogP contribution < -0.4 is 5.32 Å². The fraction of sp³-hybridized carbons (Fsp3) is 0.208. The normalized spacial score (nSPS) is 11.9. The lowest BCUT2D eigenvalue weighted by molar-refractivity contribution is -0.144. The number of carbonyl (C=O) groups is 1. The number of benzene rings is 2. The topological polar surface area (TPSA) is 85.1 Å². The van der Waals surface area contributed by atoms with Crippen LogP contribution in [0.2, 0.25) is 0 Å². The summed E-state index contributed by atoms with van der Waals surface area (Å²) in [6.07, 6.45) is -4.24. The molecule has 3 heterocycles. The Morgan fingerprint density at radius 3 is 2.63 bits per heavy atom. The van der Waals surface area contributed by atoms with Crippen LogP contribution in [-0.2, 0) is 17.4 Å². The van der Waals surface area contributed by atoms with E-state index >= 15 is 0 Å². The van der Waals surface area contributed by atoms with E-state index in [1.54, 1.807) is 31.3 Å². The van der Waals surface area contributed by atoms with E-state index in [0.29, 0.717) is 29.1 Å². The molecule has 2 aromatic carbocycles. The van der Waals surface area contributed by atoms with Crippen molar-refractivity contribution in [2.75, 3.05) is 5.32 Å². The Balaban J connectivity index is 1.31. The number of aryl methyl sites for hydroxylation is 2. The Labute approximate surface area is 201 Å². The molecule has 0 saturated carbocycles. The first-order chi connectivity index (χ1) is 16.7. The largest absolute Gasteiger partial charge is 0.453 e. The van der Waals surface area contributed by atoms with Crippen LogP contribution in [0.5, 0.6) is 0 Å². The maximum absolute atomic E-state index is 13.0. The number of alkyl halides is 3. The molecule has 0 unspecified atom stereocenters. The van der Waals surface area contributed by atoms with Crippen LogP contribution in [0.15, 0.2) is 48.5 Å². The van der Waals surface area contributed by atoms with Gasteiger partial charge in [-0.15, -0.1) is 16.4 Å². The molecule has 0 spiro atoms. The van der Waals surface area contributed by atoms with Crippen molar-refractivity contribution in [2.24, 2.45) is 0 Å². The molecule has 1 N–H and O–H groups in total. The van der Waals surface area contributed by atoms with Crippen LogP contribution in [0.3, 0.4) is 0 Å². The molecule has 0 aliphatic rings. The van der Waals surface area contributed by atoms with Crippen LogP contribution in [-0.4, -0.2) is 30.5 Å². The van der Waals surface area contributed by atoms with Gasteiger partial charge in [0, 0.05) is 29.1 Å². The number of para-hydroxylation sites is 1. The molecule has 35 heavy (non-hydrogen) atoms. The van der Waals surface area contributed by atoms with Gasteiger partial charge < -0.3 is 5.32 Å². The second kappa shape index (κ2) is 8.73. The highest BCUT2D eigenvalue weighted by Crippen LogP contribution is 2.31. The first-order valence-electron chi connectivity index (χ1n) is 10.7. The van der Waals surface area contributed by atoms with E-state index < -0.39 is 12.0 Å². The molecule has 7 nitrogen and oxygen atoms in total. The first kappa shape index (κ1) is 22.9. The summed E-state index contributed by atoms with van der Waals surface area (Å²) in [6, 6.07) is 15.3. The summed E-state index contributed by atoms with van der Waals surface area (Å²) >= 11 is 1.58. The highest BCUT2D eigenvalue weighted by atomic mass is 32.1. The van der Waals surface area contributed by atoms with Crippen LogP contribution in [0, 0.1) is 13.8 Å². The van der Waals surface area contributed by atoms with Crippen molar-refractivity contribution in [1.82, 2.24) is 24.6 Å². The van der Waals surface area contributed by atoms with Crippen molar-refractivity contribution in [2.45, 2.75) is 32.9 Å². The molecule has 0 bridgehead atoms. The summed E-state index contributed by atoms with van der Waals surface area (Å²) in [7, 11) is 0.